The van der Waals surface area contributed by atoms with Gasteiger partial charge in [0, 0.05) is 25.6 Å². The molecule has 1 amide bonds. The van der Waals surface area contributed by atoms with Gasteiger partial charge in [-0.15, -0.1) is 0 Å². The van der Waals surface area contributed by atoms with Crippen LogP contribution in [0.5, 0.6) is 5.75 Å². The Hall–Kier alpha value is -1.79. The number of aliphatic carboxylic acids is 1. The molecule has 2 heterocycles. The fourth-order valence-electron chi connectivity index (χ4n) is 3.77. The highest BCUT2D eigenvalue weighted by molar-refractivity contribution is 6.32. The standard InChI is InChI=1S/C20H27ClN2O4/c1-14(20(25)26)27-18-5-4-15(12-17(18)21)13-22-10-6-16(7-11-22)19(24)23-8-2-3-9-23/h4-5,12,14,16H,2-3,6-11,13H2,1H3,(H,25,26). The van der Waals surface area contributed by atoms with Crippen LogP contribution < -0.4 is 4.74 Å². The van der Waals surface area contributed by atoms with Crippen molar-refractivity contribution >= 4 is 23.5 Å². The zero-order valence-corrected chi connectivity index (χ0v) is 16.5. The predicted molar refractivity (Wildman–Crippen MR) is 103 cm³/mol. The minimum atomic E-state index is -1.03. The van der Waals surface area contributed by atoms with Crippen LogP contribution in [0.15, 0.2) is 18.2 Å². The van der Waals surface area contributed by atoms with E-state index in [0.717, 1.165) is 64.0 Å². The molecule has 0 aromatic heterocycles. The van der Waals surface area contributed by atoms with Gasteiger partial charge in [-0.3, -0.25) is 9.69 Å². The quantitative estimate of drug-likeness (QED) is 0.803. The van der Waals surface area contributed by atoms with Crippen LogP contribution in [0.4, 0.5) is 0 Å². The third-order valence-corrected chi connectivity index (χ3v) is 5.70. The van der Waals surface area contributed by atoms with Crippen LogP contribution in [0.2, 0.25) is 5.02 Å². The van der Waals surface area contributed by atoms with E-state index in [0.29, 0.717) is 16.7 Å². The maximum Gasteiger partial charge on any atom is 0.344 e. The Morgan fingerprint density at radius 1 is 1.22 bits per heavy atom. The van der Waals surface area contributed by atoms with Crippen molar-refractivity contribution in [3.8, 4) is 5.75 Å². The molecule has 1 aromatic rings. The second-order valence-corrected chi connectivity index (χ2v) is 7.85. The summed E-state index contributed by atoms with van der Waals surface area (Å²) in [6.45, 7) is 5.88. The van der Waals surface area contributed by atoms with Crippen LogP contribution in [0.25, 0.3) is 0 Å². The van der Waals surface area contributed by atoms with E-state index in [-0.39, 0.29) is 5.92 Å². The lowest BCUT2D eigenvalue weighted by molar-refractivity contribution is -0.144. The lowest BCUT2D eigenvalue weighted by atomic mass is 9.95. The van der Waals surface area contributed by atoms with Gasteiger partial charge in [0.2, 0.25) is 5.91 Å². The highest BCUT2D eigenvalue weighted by Gasteiger charge is 2.29. The molecule has 1 N–H and O–H groups in total. The summed E-state index contributed by atoms with van der Waals surface area (Å²) in [6.07, 6.45) is 3.13. The van der Waals surface area contributed by atoms with Crippen molar-refractivity contribution in [2.45, 2.75) is 45.3 Å². The summed E-state index contributed by atoms with van der Waals surface area (Å²) in [7, 11) is 0. The Morgan fingerprint density at radius 3 is 2.48 bits per heavy atom. The van der Waals surface area contributed by atoms with Crippen LogP contribution in [0, 0.1) is 5.92 Å². The number of benzene rings is 1. The SMILES string of the molecule is CC(Oc1ccc(CN2CCC(C(=O)N3CCCC3)CC2)cc1Cl)C(=O)O. The lowest BCUT2D eigenvalue weighted by Gasteiger charge is -2.33. The van der Waals surface area contributed by atoms with Crippen LogP contribution >= 0.6 is 11.6 Å². The Kier molecular flexibility index (Phi) is 6.60. The molecule has 2 saturated heterocycles. The Morgan fingerprint density at radius 2 is 1.89 bits per heavy atom. The molecule has 1 unspecified atom stereocenters. The largest absolute Gasteiger partial charge is 0.479 e. The van der Waals surface area contributed by atoms with Gasteiger partial charge in [-0.25, -0.2) is 4.79 Å². The Bertz CT molecular complexity index is 683. The average molecular weight is 395 g/mol. The number of carbonyl (C=O) groups is 2. The van der Waals surface area contributed by atoms with Gasteiger partial charge < -0.3 is 14.7 Å². The first-order valence-corrected chi connectivity index (χ1v) is 10.0. The van der Waals surface area contributed by atoms with E-state index < -0.39 is 12.1 Å². The summed E-state index contributed by atoms with van der Waals surface area (Å²) in [6, 6.07) is 5.46. The van der Waals surface area contributed by atoms with Gasteiger partial charge in [0.1, 0.15) is 5.75 Å². The van der Waals surface area contributed by atoms with Crippen molar-refractivity contribution in [3.63, 3.8) is 0 Å². The highest BCUT2D eigenvalue weighted by atomic mass is 35.5. The van der Waals surface area contributed by atoms with Gasteiger partial charge in [-0.2, -0.15) is 0 Å². The molecule has 148 valence electrons. The van der Waals surface area contributed by atoms with Crippen molar-refractivity contribution in [2.24, 2.45) is 5.92 Å². The molecular weight excluding hydrogens is 368 g/mol. The summed E-state index contributed by atoms with van der Waals surface area (Å²) in [5.74, 6) is -0.146. The fourth-order valence-corrected chi connectivity index (χ4v) is 4.02. The normalized spacial score (nSPS) is 19.9. The molecule has 27 heavy (non-hydrogen) atoms. The number of likely N-dealkylation sites (tertiary alicyclic amines) is 2. The molecule has 0 saturated carbocycles. The molecule has 0 bridgehead atoms. The van der Waals surface area contributed by atoms with Crippen molar-refractivity contribution in [1.29, 1.82) is 0 Å². The number of amides is 1. The number of piperidine rings is 1. The smallest absolute Gasteiger partial charge is 0.344 e. The zero-order chi connectivity index (χ0) is 19.4. The third-order valence-electron chi connectivity index (χ3n) is 5.41. The van der Waals surface area contributed by atoms with Gasteiger partial charge >= 0.3 is 5.97 Å². The summed E-state index contributed by atoms with van der Waals surface area (Å²) >= 11 is 6.25. The first-order chi connectivity index (χ1) is 12.9. The van der Waals surface area contributed by atoms with Gasteiger partial charge in [0.15, 0.2) is 6.10 Å². The van der Waals surface area contributed by atoms with Gasteiger partial charge in [0.05, 0.1) is 5.02 Å². The van der Waals surface area contributed by atoms with E-state index in [2.05, 4.69) is 4.90 Å². The van der Waals surface area contributed by atoms with Gasteiger partial charge in [-0.05, 0) is 63.4 Å². The molecule has 6 nitrogen and oxygen atoms in total. The molecule has 0 aliphatic carbocycles. The van der Waals surface area contributed by atoms with Crippen LogP contribution in [-0.4, -0.2) is 59.1 Å². The summed E-state index contributed by atoms with van der Waals surface area (Å²) in [5, 5.41) is 9.35. The maximum atomic E-state index is 12.5. The van der Waals surface area contributed by atoms with Crippen molar-refractivity contribution in [2.75, 3.05) is 26.2 Å². The number of nitrogens with zero attached hydrogens (tertiary/aromatic N) is 2. The maximum absolute atomic E-state index is 12.5. The van der Waals surface area contributed by atoms with Gasteiger partial charge in [0.25, 0.3) is 0 Å². The number of halogens is 1. The minimum absolute atomic E-state index is 0.163. The molecule has 3 rings (SSSR count). The van der Waals surface area contributed by atoms with Gasteiger partial charge in [-0.1, -0.05) is 17.7 Å². The second kappa shape index (κ2) is 8.93. The molecule has 2 aliphatic heterocycles. The predicted octanol–water partition coefficient (Wildman–Crippen LogP) is 3.03. The summed E-state index contributed by atoms with van der Waals surface area (Å²) in [5.41, 5.74) is 1.06. The van der Waals surface area contributed by atoms with Crippen LogP contribution in [0.1, 0.15) is 38.2 Å². The number of hydrogen-bond acceptors (Lipinski definition) is 4. The molecule has 0 radical (unpaired) electrons. The number of hydrogen-bond donors (Lipinski definition) is 1. The van der Waals surface area contributed by atoms with Crippen molar-refractivity contribution in [1.82, 2.24) is 9.80 Å². The van der Waals surface area contributed by atoms with E-state index in [9.17, 15) is 9.59 Å². The Balaban J connectivity index is 1.50. The topological polar surface area (TPSA) is 70.1 Å². The molecular formula is C20H27ClN2O4. The second-order valence-electron chi connectivity index (χ2n) is 7.45. The minimum Gasteiger partial charge on any atom is -0.479 e. The van der Waals surface area contributed by atoms with E-state index in [1.165, 1.54) is 6.92 Å². The fraction of sp³-hybridized carbons (Fsp3) is 0.600. The lowest BCUT2D eigenvalue weighted by Crippen LogP contribution is -2.41. The van der Waals surface area contributed by atoms with E-state index in [1.807, 2.05) is 17.0 Å². The molecule has 1 atom stereocenters. The average Bonchev–Trinajstić information content (AvgIpc) is 3.18. The number of ether oxygens (including phenoxy) is 1. The summed E-state index contributed by atoms with van der Waals surface area (Å²) in [4.78, 5) is 27.8. The number of carboxylic acid groups (broad SMARTS) is 1. The molecule has 7 heteroatoms. The zero-order valence-electron chi connectivity index (χ0n) is 15.7. The van der Waals surface area contributed by atoms with E-state index in [4.69, 9.17) is 21.4 Å². The monoisotopic (exact) mass is 394 g/mol. The molecule has 0 spiro atoms. The summed E-state index contributed by atoms with van der Waals surface area (Å²) < 4.78 is 5.35. The molecule has 1 aromatic carbocycles. The van der Waals surface area contributed by atoms with Crippen LogP contribution in [0.3, 0.4) is 0 Å². The molecule has 2 fully saturated rings. The van der Waals surface area contributed by atoms with E-state index in [1.54, 1.807) is 6.07 Å². The van der Waals surface area contributed by atoms with E-state index >= 15 is 0 Å². The highest BCUT2D eigenvalue weighted by Crippen LogP contribution is 2.28. The number of rotatable bonds is 6. The number of carbonyl (C=O) groups excluding carboxylic acids is 1. The molecule has 2 aliphatic rings. The first kappa shape index (κ1) is 20.0. The Labute approximate surface area is 165 Å². The first-order valence-electron chi connectivity index (χ1n) is 9.63. The third kappa shape index (κ3) is 5.14. The van der Waals surface area contributed by atoms with Crippen molar-refractivity contribution in [3.05, 3.63) is 28.8 Å². The van der Waals surface area contributed by atoms with Crippen LogP contribution in [-0.2, 0) is 16.1 Å². The number of carboxylic acids is 1. The van der Waals surface area contributed by atoms with Crippen molar-refractivity contribution < 1.29 is 19.4 Å².